The standard InChI is InChI=1S/C17H12BrNO4S/c1-22-17(21)15-11(19-16(20)12-7-8-14(18)23-12)9-13(24-15)10-5-3-2-4-6-10/h2-9H,1H3,(H,19,20). The molecule has 0 radical (unpaired) electrons. The first-order valence-electron chi connectivity index (χ1n) is 6.92. The van der Waals surface area contributed by atoms with Gasteiger partial charge in [-0.05, 0) is 39.7 Å². The predicted molar refractivity (Wildman–Crippen MR) is 95.5 cm³/mol. The van der Waals surface area contributed by atoms with E-state index in [1.54, 1.807) is 18.2 Å². The van der Waals surface area contributed by atoms with Crippen molar-refractivity contribution in [3.63, 3.8) is 0 Å². The molecule has 1 N–H and O–H groups in total. The fraction of sp³-hybridized carbons (Fsp3) is 0.0588. The van der Waals surface area contributed by atoms with Gasteiger partial charge in [0, 0.05) is 4.88 Å². The van der Waals surface area contributed by atoms with E-state index in [2.05, 4.69) is 21.2 Å². The number of hydrogen-bond donors (Lipinski definition) is 1. The Morgan fingerprint density at radius 2 is 1.92 bits per heavy atom. The van der Waals surface area contributed by atoms with E-state index in [9.17, 15) is 9.59 Å². The lowest BCUT2D eigenvalue weighted by atomic mass is 10.2. The molecule has 5 nitrogen and oxygen atoms in total. The van der Waals surface area contributed by atoms with Crippen LogP contribution in [0.5, 0.6) is 0 Å². The van der Waals surface area contributed by atoms with Crippen molar-refractivity contribution in [2.45, 2.75) is 0 Å². The average molecular weight is 406 g/mol. The van der Waals surface area contributed by atoms with Crippen molar-refractivity contribution in [2.75, 3.05) is 12.4 Å². The number of nitrogens with one attached hydrogen (secondary N) is 1. The van der Waals surface area contributed by atoms with Crippen LogP contribution < -0.4 is 5.32 Å². The highest BCUT2D eigenvalue weighted by Gasteiger charge is 2.21. The highest BCUT2D eigenvalue weighted by Crippen LogP contribution is 2.35. The fourth-order valence-corrected chi connectivity index (χ4v) is 3.44. The van der Waals surface area contributed by atoms with Gasteiger partial charge in [0.2, 0.25) is 0 Å². The van der Waals surface area contributed by atoms with Gasteiger partial charge in [0.1, 0.15) is 4.88 Å². The lowest BCUT2D eigenvalue weighted by molar-refractivity contribution is 0.0607. The molecule has 0 bridgehead atoms. The maximum absolute atomic E-state index is 12.3. The van der Waals surface area contributed by atoms with Crippen LogP contribution in [0.25, 0.3) is 10.4 Å². The van der Waals surface area contributed by atoms with Crippen LogP contribution in [0.15, 0.2) is 57.6 Å². The number of benzene rings is 1. The number of thiophene rings is 1. The molecule has 7 heteroatoms. The Morgan fingerprint density at radius 3 is 2.54 bits per heavy atom. The van der Waals surface area contributed by atoms with E-state index in [1.165, 1.54) is 18.4 Å². The van der Waals surface area contributed by atoms with Gasteiger partial charge < -0.3 is 14.5 Å². The Hall–Kier alpha value is -2.38. The Bertz CT molecular complexity index is 885. The van der Waals surface area contributed by atoms with E-state index < -0.39 is 11.9 Å². The van der Waals surface area contributed by atoms with Gasteiger partial charge in [0.15, 0.2) is 10.4 Å². The molecule has 3 rings (SSSR count). The van der Waals surface area contributed by atoms with Crippen LogP contribution >= 0.6 is 27.3 Å². The lowest BCUT2D eigenvalue weighted by Crippen LogP contribution is -2.13. The van der Waals surface area contributed by atoms with Crippen LogP contribution in [-0.2, 0) is 4.74 Å². The van der Waals surface area contributed by atoms with E-state index in [0.717, 1.165) is 10.4 Å². The summed E-state index contributed by atoms with van der Waals surface area (Å²) in [6, 6.07) is 14.5. The summed E-state index contributed by atoms with van der Waals surface area (Å²) in [7, 11) is 1.31. The van der Waals surface area contributed by atoms with E-state index in [1.807, 2.05) is 30.3 Å². The quantitative estimate of drug-likeness (QED) is 0.632. The molecule has 1 amide bonds. The van der Waals surface area contributed by atoms with Crippen molar-refractivity contribution in [1.29, 1.82) is 0 Å². The summed E-state index contributed by atoms with van der Waals surface area (Å²) in [6.45, 7) is 0. The van der Waals surface area contributed by atoms with Gasteiger partial charge in [-0.15, -0.1) is 11.3 Å². The van der Waals surface area contributed by atoms with Gasteiger partial charge in [-0.1, -0.05) is 30.3 Å². The lowest BCUT2D eigenvalue weighted by Gasteiger charge is -2.03. The van der Waals surface area contributed by atoms with Gasteiger partial charge in [-0.25, -0.2) is 4.79 Å². The zero-order valence-electron chi connectivity index (χ0n) is 12.5. The molecule has 0 unspecified atom stereocenters. The zero-order valence-corrected chi connectivity index (χ0v) is 14.9. The molecule has 122 valence electrons. The minimum Gasteiger partial charge on any atom is -0.465 e. The van der Waals surface area contributed by atoms with E-state index in [4.69, 9.17) is 9.15 Å². The predicted octanol–water partition coefficient (Wildman–Crippen LogP) is 4.81. The number of methoxy groups -OCH3 is 1. The van der Waals surface area contributed by atoms with Gasteiger partial charge in [0.25, 0.3) is 5.91 Å². The van der Waals surface area contributed by atoms with Crippen LogP contribution in [-0.4, -0.2) is 19.0 Å². The Balaban J connectivity index is 1.95. The van der Waals surface area contributed by atoms with Gasteiger partial charge in [0.05, 0.1) is 12.8 Å². The smallest absolute Gasteiger partial charge is 0.350 e. The molecule has 24 heavy (non-hydrogen) atoms. The van der Waals surface area contributed by atoms with Gasteiger partial charge in [-0.2, -0.15) is 0 Å². The number of esters is 1. The zero-order chi connectivity index (χ0) is 17.1. The molecule has 0 spiro atoms. The van der Waals surface area contributed by atoms with Crippen molar-refractivity contribution >= 4 is 44.8 Å². The highest BCUT2D eigenvalue weighted by molar-refractivity contribution is 9.10. The molecule has 3 aromatic rings. The second kappa shape index (κ2) is 7.02. The number of anilines is 1. The topological polar surface area (TPSA) is 68.5 Å². The highest BCUT2D eigenvalue weighted by atomic mass is 79.9. The summed E-state index contributed by atoms with van der Waals surface area (Å²) in [6.07, 6.45) is 0. The van der Waals surface area contributed by atoms with Crippen LogP contribution in [0.4, 0.5) is 5.69 Å². The first-order valence-corrected chi connectivity index (χ1v) is 8.53. The molecule has 0 atom stereocenters. The molecule has 1 aromatic carbocycles. The second-order valence-corrected chi connectivity index (χ2v) is 6.60. The van der Waals surface area contributed by atoms with Crippen molar-refractivity contribution in [3.8, 4) is 10.4 Å². The monoisotopic (exact) mass is 405 g/mol. The number of rotatable bonds is 4. The number of amides is 1. The van der Waals surface area contributed by atoms with Gasteiger partial charge >= 0.3 is 5.97 Å². The number of furan rings is 1. The second-order valence-electron chi connectivity index (χ2n) is 4.77. The van der Waals surface area contributed by atoms with Crippen LogP contribution in [0.1, 0.15) is 20.2 Å². The van der Waals surface area contributed by atoms with Gasteiger partial charge in [-0.3, -0.25) is 4.79 Å². The van der Waals surface area contributed by atoms with E-state index in [0.29, 0.717) is 15.2 Å². The molecule has 0 aliphatic heterocycles. The number of carbonyl (C=O) groups is 2. The molecule has 0 aliphatic rings. The maximum atomic E-state index is 12.3. The van der Waals surface area contributed by atoms with Crippen molar-refractivity contribution in [3.05, 3.63) is 63.8 Å². The summed E-state index contributed by atoms with van der Waals surface area (Å²) in [5, 5.41) is 2.70. The largest absolute Gasteiger partial charge is 0.465 e. The van der Waals surface area contributed by atoms with Crippen molar-refractivity contribution in [2.24, 2.45) is 0 Å². The number of halogens is 1. The Labute approximate surface area is 150 Å². The van der Waals surface area contributed by atoms with Crippen molar-refractivity contribution < 1.29 is 18.7 Å². The van der Waals surface area contributed by atoms with E-state index in [-0.39, 0.29) is 5.76 Å². The Morgan fingerprint density at radius 1 is 1.17 bits per heavy atom. The first kappa shape index (κ1) is 16.5. The van der Waals surface area contributed by atoms with E-state index >= 15 is 0 Å². The molecular weight excluding hydrogens is 394 g/mol. The third-order valence-electron chi connectivity index (χ3n) is 3.21. The molecule has 2 heterocycles. The maximum Gasteiger partial charge on any atom is 0.350 e. The molecule has 0 aliphatic carbocycles. The average Bonchev–Trinajstić information content (AvgIpc) is 3.21. The third kappa shape index (κ3) is 3.42. The summed E-state index contributed by atoms with van der Waals surface area (Å²) in [5.41, 5.74) is 1.34. The van der Waals surface area contributed by atoms with Crippen LogP contribution in [0, 0.1) is 0 Å². The van der Waals surface area contributed by atoms with Crippen LogP contribution in [0.2, 0.25) is 0 Å². The normalized spacial score (nSPS) is 10.4. The minimum atomic E-state index is -0.502. The molecular formula is C17H12BrNO4S. The SMILES string of the molecule is COC(=O)c1sc(-c2ccccc2)cc1NC(=O)c1ccc(Br)o1. The summed E-state index contributed by atoms with van der Waals surface area (Å²) < 4.78 is 10.5. The summed E-state index contributed by atoms with van der Waals surface area (Å²) >= 11 is 4.41. The number of ether oxygens (including phenoxy) is 1. The first-order chi connectivity index (χ1) is 11.6. The molecule has 0 saturated carbocycles. The van der Waals surface area contributed by atoms with Crippen molar-refractivity contribution in [1.82, 2.24) is 0 Å². The minimum absolute atomic E-state index is 0.144. The third-order valence-corrected chi connectivity index (χ3v) is 4.80. The van der Waals surface area contributed by atoms with Crippen LogP contribution in [0.3, 0.4) is 0 Å². The fourth-order valence-electron chi connectivity index (χ4n) is 2.09. The number of hydrogen-bond acceptors (Lipinski definition) is 5. The molecule has 0 fully saturated rings. The Kier molecular flexibility index (Phi) is 4.82. The molecule has 2 aromatic heterocycles. The summed E-state index contributed by atoms with van der Waals surface area (Å²) in [4.78, 5) is 25.5. The summed E-state index contributed by atoms with van der Waals surface area (Å²) in [5.74, 6) is -0.800. The molecule has 0 saturated heterocycles. The number of carbonyl (C=O) groups excluding carboxylic acids is 2.